The standard InChI is InChI=1S/C15H17NO3S/c1-4-15(2,19-3)14-16-12(9-20-14)10-5-7-11(8-6-10)13(17)18/h5-9H,4H2,1-3H3,(H,17,18). The lowest BCUT2D eigenvalue weighted by molar-refractivity contribution is -0.00149. The summed E-state index contributed by atoms with van der Waals surface area (Å²) in [5, 5.41) is 11.8. The molecule has 0 saturated heterocycles. The quantitative estimate of drug-likeness (QED) is 0.910. The molecule has 5 heteroatoms. The van der Waals surface area contributed by atoms with E-state index >= 15 is 0 Å². The van der Waals surface area contributed by atoms with Gasteiger partial charge >= 0.3 is 5.97 Å². The van der Waals surface area contributed by atoms with Crippen LogP contribution in [-0.4, -0.2) is 23.2 Å². The van der Waals surface area contributed by atoms with Crippen LogP contribution in [-0.2, 0) is 10.3 Å². The summed E-state index contributed by atoms with van der Waals surface area (Å²) < 4.78 is 5.54. The third kappa shape index (κ3) is 2.73. The minimum absolute atomic E-state index is 0.277. The summed E-state index contributed by atoms with van der Waals surface area (Å²) in [6.07, 6.45) is 0.842. The van der Waals surface area contributed by atoms with Crippen molar-refractivity contribution < 1.29 is 14.6 Å². The molecule has 2 aromatic rings. The first-order chi connectivity index (χ1) is 9.50. The fourth-order valence-electron chi connectivity index (χ4n) is 1.82. The van der Waals surface area contributed by atoms with Crippen molar-refractivity contribution in [1.29, 1.82) is 0 Å². The summed E-state index contributed by atoms with van der Waals surface area (Å²) in [5.41, 5.74) is 1.66. The van der Waals surface area contributed by atoms with Crippen molar-refractivity contribution in [3.63, 3.8) is 0 Å². The Morgan fingerprint density at radius 3 is 2.55 bits per heavy atom. The summed E-state index contributed by atoms with van der Waals surface area (Å²) in [4.78, 5) is 15.4. The fraction of sp³-hybridized carbons (Fsp3) is 0.333. The molecule has 20 heavy (non-hydrogen) atoms. The Bertz CT molecular complexity index is 600. The van der Waals surface area contributed by atoms with Gasteiger partial charge in [0.15, 0.2) is 0 Å². The van der Waals surface area contributed by atoms with Gasteiger partial charge in [0, 0.05) is 18.1 Å². The number of nitrogens with zero attached hydrogens (tertiary/aromatic N) is 1. The van der Waals surface area contributed by atoms with Gasteiger partial charge in [0.2, 0.25) is 0 Å². The van der Waals surface area contributed by atoms with Crippen LogP contribution in [0.5, 0.6) is 0 Å². The Morgan fingerprint density at radius 1 is 1.40 bits per heavy atom. The number of carboxylic acid groups (broad SMARTS) is 1. The van der Waals surface area contributed by atoms with Crippen molar-refractivity contribution in [2.24, 2.45) is 0 Å². The van der Waals surface area contributed by atoms with Crippen LogP contribution in [0.4, 0.5) is 0 Å². The second-order valence-electron chi connectivity index (χ2n) is 4.71. The molecule has 1 aromatic carbocycles. The van der Waals surface area contributed by atoms with Crippen molar-refractivity contribution in [2.45, 2.75) is 25.9 Å². The Labute approximate surface area is 122 Å². The Hall–Kier alpha value is -1.72. The Balaban J connectivity index is 2.31. The molecule has 0 saturated carbocycles. The molecule has 0 bridgehead atoms. The number of carboxylic acids is 1. The molecule has 2 rings (SSSR count). The van der Waals surface area contributed by atoms with Gasteiger partial charge in [-0.25, -0.2) is 9.78 Å². The van der Waals surface area contributed by atoms with Gasteiger partial charge in [0.05, 0.1) is 11.3 Å². The molecular formula is C15H17NO3S. The maximum atomic E-state index is 10.8. The maximum absolute atomic E-state index is 10.8. The molecule has 1 aromatic heterocycles. The number of benzene rings is 1. The molecule has 0 fully saturated rings. The third-order valence-corrected chi connectivity index (χ3v) is 4.60. The van der Waals surface area contributed by atoms with E-state index in [1.165, 1.54) is 0 Å². The van der Waals surface area contributed by atoms with E-state index in [0.29, 0.717) is 0 Å². The largest absolute Gasteiger partial charge is 0.478 e. The normalized spacial score (nSPS) is 13.9. The van der Waals surface area contributed by atoms with Crippen LogP contribution in [0.1, 0.15) is 35.6 Å². The number of aromatic nitrogens is 1. The summed E-state index contributed by atoms with van der Waals surface area (Å²) >= 11 is 1.56. The molecule has 1 atom stereocenters. The van der Waals surface area contributed by atoms with E-state index in [-0.39, 0.29) is 11.2 Å². The molecule has 0 aliphatic heterocycles. The Morgan fingerprint density at radius 2 is 2.05 bits per heavy atom. The van der Waals surface area contributed by atoms with Crippen molar-refractivity contribution in [1.82, 2.24) is 4.98 Å². The van der Waals surface area contributed by atoms with Gasteiger partial charge in [-0.15, -0.1) is 11.3 Å². The van der Waals surface area contributed by atoms with E-state index in [1.807, 2.05) is 12.3 Å². The van der Waals surface area contributed by atoms with Crippen molar-refractivity contribution in [2.75, 3.05) is 7.11 Å². The Kier molecular flexibility index (Phi) is 4.20. The summed E-state index contributed by atoms with van der Waals surface area (Å²) in [6.45, 7) is 4.08. The molecule has 4 nitrogen and oxygen atoms in total. The summed E-state index contributed by atoms with van der Waals surface area (Å²) in [5.74, 6) is -0.923. The monoisotopic (exact) mass is 291 g/mol. The fourth-order valence-corrected chi connectivity index (χ4v) is 2.86. The third-order valence-electron chi connectivity index (χ3n) is 3.51. The second-order valence-corrected chi connectivity index (χ2v) is 5.57. The van der Waals surface area contributed by atoms with Gasteiger partial charge in [-0.1, -0.05) is 19.1 Å². The predicted molar refractivity (Wildman–Crippen MR) is 79.2 cm³/mol. The van der Waals surface area contributed by atoms with E-state index in [2.05, 4.69) is 11.9 Å². The number of hydrogen-bond donors (Lipinski definition) is 1. The number of aromatic carboxylic acids is 1. The number of hydrogen-bond acceptors (Lipinski definition) is 4. The van der Waals surface area contributed by atoms with E-state index < -0.39 is 5.97 Å². The zero-order valence-electron chi connectivity index (χ0n) is 11.7. The molecule has 106 valence electrons. The minimum atomic E-state index is -0.923. The van der Waals surface area contributed by atoms with Crippen LogP contribution in [0.15, 0.2) is 29.6 Å². The molecule has 0 amide bonds. The lowest BCUT2D eigenvalue weighted by atomic mass is 10.0. The minimum Gasteiger partial charge on any atom is -0.478 e. The zero-order valence-corrected chi connectivity index (χ0v) is 12.5. The van der Waals surface area contributed by atoms with Gasteiger partial charge in [-0.05, 0) is 25.5 Å². The molecular weight excluding hydrogens is 274 g/mol. The van der Waals surface area contributed by atoms with Crippen LogP contribution in [0, 0.1) is 0 Å². The molecule has 0 spiro atoms. The summed E-state index contributed by atoms with van der Waals surface area (Å²) in [6, 6.07) is 6.73. The van der Waals surface area contributed by atoms with Crippen LogP contribution in [0.3, 0.4) is 0 Å². The first-order valence-electron chi connectivity index (χ1n) is 6.35. The van der Waals surface area contributed by atoms with E-state index in [9.17, 15) is 4.79 Å². The van der Waals surface area contributed by atoms with Crippen molar-refractivity contribution in [3.05, 3.63) is 40.2 Å². The molecule has 0 aliphatic carbocycles. The highest BCUT2D eigenvalue weighted by Gasteiger charge is 2.27. The van der Waals surface area contributed by atoms with E-state index in [0.717, 1.165) is 22.7 Å². The average molecular weight is 291 g/mol. The average Bonchev–Trinajstić information content (AvgIpc) is 2.97. The molecule has 1 N–H and O–H groups in total. The molecule has 1 unspecified atom stereocenters. The van der Waals surface area contributed by atoms with E-state index in [4.69, 9.17) is 9.84 Å². The topological polar surface area (TPSA) is 59.4 Å². The summed E-state index contributed by atoms with van der Waals surface area (Å²) in [7, 11) is 1.69. The zero-order chi connectivity index (χ0) is 14.8. The van der Waals surface area contributed by atoms with Crippen molar-refractivity contribution >= 4 is 17.3 Å². The number of ether oxygens (including phenoxy) is 1. The number of methoxy groups -OCH3 is 1. The van der Waals surface area contributed by atoms with Gasteiger partial charge < -0.3 is 9.84 Å². The van der Waals surface area contributed by atoms with Gasteiger partial charge in [0.25, 0.3) is 0 Å². The number of thiazole rings is 1. The van der Waals surface area contributed by atoms with Crippen LogP contribution < -0.4 is 0 Å². The van der Waals surface area contributed by atoms with Gasteiger partial charge in [-0.3, -0.25) is 0 Å². The molecule has 1 heterocycles. The first-order valence-corrected chi connectivity index (χ1v) is 7.23. The lowest BCUT2D eigenvalue weighted by Gasteiger charge is -2.23. The van der Waals surface area contributed by atoms with Crippen LogP contribution in [0.25, 0.3) is 11.3 Å². The molecule has 0 radical (unpaired) electrons. The van der Waals surface area contributed by atoms with E-state index in [1.54, 1.807) is 42.7 Å². The first kappa shape index (κ1) is 14.7. The van der Waals surface area contributed by atoms with Crippen molar-refractivity contribution in [3.8, 4) is 11.3 Å². The number of rotatable bonds is 5. The lowest BCUT2D eigenvalue weighted by Crippen LogP contribution is -2.22. The maximum Gasteiger partial charge on any atom is 0.335 e. The van der Waals surface area contributed by atoms with Crippen LogP contribution in [0.2, 0.25) is 0 Å². The number of carbonyl (C=O) groups is 1. The SMILES string of the molecule is CCC(C)(OC)c1nc(-c2ccc(C(=O)O)cc2)cs1. The highest BCUT2D eigenvalue weighted by molar-refractivity contribution is 7.10. The predicted octanol–water partition coefficient (Wildman–Crippen LogP) is 3.78. The van der Waals surface area contributed by atoms with Crippen LogP contribution >= 0.6 is 11.3 Å². The highest BCUT2D eigenvalue weighted by Crippen LogP contribution is 2.33. The highest BCUT2D eigenvalue weighted by atomic mass is 32.1. The van der Waals surface area contributed by atoms with Gasteiger partial charge in [-0.2, -0.15) is 0 Å². The second kappa shape index (κ2) is 5.73. The smallest absolute Gasteiger partial charge is 0.335 e. The van der Waals surface area contributed by atoms with Gasteiger partial charge in [0.1, 0.15) is 10.6 Å². The molecule has 0 aliphatic rings.